The van der Waals surface area contributed by atoms with Gasteiger partial charge in [0.05, 0.1) is 28.5 Å². The number of rotatable bonds is 8. The van der Waals surface area contributed by atoms with Gasteiger partial charge in [-0.25, -0.2) is 4.55 Å². The number of hydrogen-bond donors (Lipinski definition) is 3. The molecule has 0 aliphatic carbocycles. The fourth-order valence-electron chi connectivity index (χ4n) is 3.11. The van der Waals surface area contributed by atoms with E-state index in [0.29, 0.717) is 34.6 Å². The minimum atomic E-state index is -2.97. The van der Waals surface area contributed by atoms with Crippen LogP contribution in [0.2, 0.25) is 10.0 Å². The summed E-state index contributed by atoms with van der Waals surface area (Å²) < 4.78 is 22.8. The molecule has 2 aromatic carbocycles. The molecule has 7 nitrogen and oxygen atoms in total. The summed E-state index contributed by atoms with van der Waals surface area (Å²) in [5.74, 6) is 0.181. The Labute approximate surface area is 197 Å². The molecule has 31 heavy (non-hydrogen) atoms. The maximum Gasteiger partial charge on any atom is 0.230 e. The van der Waals surface area contributed by atoms with Crippen LogP contribution in [0.15, 0.2) is 52.3 Å². The van der Waals surface area contributed by atoms with Gasteiger partial charge < -0.3 is 14.6 Å². The van der Waals surface area contributed by atoms with Crippen LogP contribution in [0.1, 0.15) is 5.56 Å². The largest absolute Gasteiger partial charge is 0.374 e. The normalized spacial score (nSPS) is 20.1. The van der Waals surface area contributed by atoms with Crippen LogP contribution in [0.3, 0.4) is 0 Å². The second-order valence-electron chi connectivity index (χ2n) is 7.17. The lowest BCUT2D eigenvalue weighted by atomic mass is 10.2. The Morgan fingerprint density at radius 1 is 1.29 bits per heavy atom. The first kappa shape index (κ1) is 24.6. The van der Waals surface area contributed by atoms with Crippen LogP contribution in [0.25, 0.3) is 0 Å². The highest BCUT2D eigenvalue weighted by atomic mass is 35.5. The van der Waals surface area contributed by atoms with Crippen LogP contribution in [0, 0.1) is 0 Å². The number of benzene rings is 2. The fourth-order valence-corrected chi connectivity index (χ4v) is 4.71. The van der Waals surface area contributed by atoms with Crippen molar-refractivity contribution in [2.45, 2.75) is 22.4 Å². The van der Waals surface area contributed by atoms with Crippen molar-refractivity contribution in [3.05, 3.63) is 58.1 Å². The van der Waals surface area contributed by atoms with E-state index in [1.54, 1.807) is 30.3 Å². The van der Waals surface area contributed by atoms with Gasteiger partial charge in [0.25, 0.3) is 0 Å². The van der Waals surface area contributed by atoms with E-state index in [2.05, 4.69) is 10.2 Å². The van der Waals surface area contributed by atoms with Gasteiger partial charge in [0.15, 0.2) is 0 Å². The van der Waals surface area contributed by atoms with Crippen molar-refractivity contribution in [2.75, 3.05) is 32.0 Å². The molecule has 0 bridgehead atoms. The zero-order chi connectivity index (χ0) is 22.4. The van der Waals surface area contributed by atoms with Crippen molar-refractivity contribution < 1.29 is 18.6 Å². The number of hydrogen-bond acceptors (Lipinski definition) is 6. The molecule has 2 unspecified atom stereocenters. The van der Waals surface area contributed by atoms with Gasteiger partial charge in [-0.15, -0.1) is 11.8 Å². The molecule has 170 valence electrons. The first-order valence-corrected chi connectivity index (χ1v) is 13.0. The number of halogens is 2. The predicted octanol–water partition coefficient (Wildman–Crippen LogP) is 3.25. The van der Waals surface area contributed by atoms with Crippen LogP contribution < -0.4 is 10.5 Å². The summed E-state index contributed by atoms with van der Waals surface area (Å²) in [6.45, 7) is 3.32. The minimum absolute atomic E-state index is 0.0768. The number of carbonyl (C=O) groups excluding carboxylic acids is 1. The molecule has 6 N–H and O–H groups in total. The maximum atomic E-state index is 12.2. The molecule has 11 heteroatoms. The Balaban J connectivity index is 1.40. The van der Waals surface area contributed by atoms with E-state index in [1.807, 2.05) is 12.1 Å². The molecule has 1 saturated heterocycles. The standard InChI is InChI=1S/C20H25Cl2N3O4S2/c21-18-6-1-14(9-19(18)22)11-25-7-8-29-15(12-25)10-24-20(26)13-30-16-2-4-17(5-3-16)31(23,27)28/h1-6,9,15,27-28H,7-8,10-13,23H2,(H,24,26)/p+1. The molecule has 0 spiro atoms. The topological polar surface area (TPSA) is 111 Å². The van der Waals surface area contributed by atoms with Gasteiger partial charge in [-0.1, -0.05) is 29.3 Å². The molecule has 0 radical (unpaired) electrons. The smallest absolute Gasteiger partial charge is 0.230 e. The number of carbonyl (C=O) groups is 1. The van der Waals surface area contributed by atoms with Gasteiger partial charge in [0.2, 0.25) is 5.91 Å². The number of morpholine rings is 1. The Morgan fingerprint density at radius 3 is 2.71 bits per heavy atom. The molecule has 1 heterocycles. The Hall–Kier alpha value is -1.01. The van der Waals surface area contributed by atoms with Gasteiger partial charge in [0.1, 0.15) is 4.90 Å². The summed E-state index contributed by atoms with van der Waals surface area (Å²) in [5, 5.41) is 9.42. The number of nitrogens with one attached hydrogen (secondary N) is 1. The van der Waals surface area contributed by atoms with Gasteiger partial charge in [0, 0.05) is 31.1 Å². The highest BCUT2D eigenvalue weighted by Gasteiger charge is 2.21. The molecule has 1 amide bonds. The molecular weight excluding hydrogens is 481 g/mol. The van der Waals surface area contributed by atoms with Crippen molar-refractivity contribution >= 4 is 51.6 Å². The summed E-state index contributed by atoms with van der Waals surface area (Å²) in [4.78, 5) is 15.7. The number of thioether (sulfide) groups is 1. The SMILES string of the molecule is NS(O)([OH2+])c1ccc(SCC(=O)NCC2CN(Cc3ccc(Cl)c(Cl)c3)CCO2)cc1. The van der Waals surface area contributed by atoms with E-state index >= 15 is 0 Å². The van der Waals surface area contributed by atoms with E-state index in [1.165, 1.54) is 11.8 Å². The van der Waals surface area contributed by atoms with E-state index in [9.17, 15) is 9.35 Å². The molecule has 1 fully saturated rings. The summed E-state index contributed by atoms with van der Waals surface area (Å²) in [6.07, 6.45) is -0.0768. The zero-order valence-electron chi connectivity index (χ0n) is 16.7. The highest BCUT2D eigenvalue weighted by Crippen LogP contribution is 2.40. The van der Waals surface area contributed by atoms with Crippen LogP contribution >= 0.6 is 45.7 Å². The third-order valence-corrected chi connectivity index (χ3v) is 7.43. The molecule has 0 saturated carbocycles. The monoisotopic (exact) mass is 506 g/mol. The van der Waals surface area contributed by atoms with Crippen LogP contribution in [0.5, 0.6) is 0 Å². The first-order chi connectivity index (χ1) is 14.7. The Kier molecular flexibility index (Phi) is 8.91. The Morgan fingerprint density at radius 2 is 2.03 bits per heavy atom. The summed E-state index contributed by atoms with van der Waals surface area (Å²) in [6, 6.07) is 12.4. The molecule has 2 atom stereocenters. The third kappa shape index (κ3) is 7.81. The quantitative estimate of drug-likeness (QED) is 0.374. The van der Waals surface area contributed by atoms with Gasteiger partial charge in [-0.3, -0.25) is 9.69 Å². The van der Waals surface area contributed by atoms with E-state index < -0.39 is 10.8 Å². The zero-order valence-corrected chi connectivity index (χ0v) is 19.9. The van der Waals surface area contributed by atoms with Crippen molar-refractivity contribution in [3.63, 3.8) is 0 Å². The predicted molar refractivity (Wildman–Crippen MR) is 128 cm³/mol. The molecule has 0 aromatic heterocycles. The molecule has 2 aromatic rings. The van der Waals surface area contributed by atoms with Crippen molar-refractivity contribution in [2.24, 2.45) is 5.14 Å². The molecule has 1 aliphatic heterocycles. The Bertz CT molecular complexity index is 897. The van der Waals surface area contributed by atoms with Crippen molar-refractivity contribution in [1.82, 2.24) is 10.2 Å². The van der Waals surface area contributed by atoms with Crippen LogP contribution in [0.4, 0.5) is 0 Å². The number of amides is 1. The van der Waals surface area contributed by atoms with Crippen molar-refractivity contribution in [1.29, 1.82) is 0 Å². The lowest BCUT2D eigenvalue weighted by Crippen LogP contribution is -2.47. The average Bonchev–Trinajstić information content (AvgIpc) is 2.73. The van der Waals surface area contributed by atoms with E-state index in [-0.39, 0.29) is 17.8 Å². The number of nitrogens with two attached hydrogens (primary N) is 1. The second kappa shape index (κ2) is 11.2. The molecular formula is C20H26Cl2N3O4S2+. The lowest BCUT2D eigenvalue weighted by Gasteiger charge is -2.33. The maximum absolute atomic E-state index is 12.2. The number of ether oxygens (including phenoxy) is 1. The van der Waals surface area contributed by atoms with E-state index in [0.717, 1.165) is 23.5 Å². The molecule has 1 aliphatic rings. The van der Waals surface area contributed by atoms with Gasteiger partial charge in [-0.2, -0.15) is 5.14 Å². The number of nitrogens with zero attached hydrogens (tertiary/aromatic N) is 1. The van der Waals surface area contributed by atoms with Crippen molar-refractivity contribution in [3.8, 4) is 0 Å². The fraction of sp³-hybridized carbons (Fsp3) is 0.350. The van der Waals surface area contributed by atoms with Gasteiger partial charge in [-0.05, 0) is 52.7 Å². The highest BCUT2D eigenvalue weighted by molar-refractivity contribution is 8.22. The third-order valence-electron chi connectivity index (χ3n) is 4.69. The summed E-state index contributed by atoms with van der Waals surface area (Å²) >= 11 is 13.5. The van der Waals surface area contributed by atoms with E-state index in [4.69, 9.17) is 37.6 Å². The van der Waals surface area contributed by atoms with Crippen LogP contribution in [-0.2, 0) is 16.1 Å². The minimum Gasteiger partial charge on any atom is -0.374 e. The summed E-state index contributed by atoms with van der Waals surface area (Å²) in [7, 11) is -2.97. The lowest BCUT2D eigenvalue weighted by molar-refractivity contribution is -0.119. The average molecular weight is 507 g/mol. The summed E-state index contributed by atoms with van der Waals surface area (Å²) in [5.41, 5.74) is 1.08. The molecule has 3 rings (SSSR count). The van der Waals surface area contributed by atoms with Gasteiger partial charge >= 0.3 is 0 Å². The van der Waals surface area contributed by atoms with Crippen LogP contribution in [-0.4, -0.2) is 58.0 Å². The second-order valence-corrected chi connectivity index (χ2v) is 10.8. The first-order valence-electron chi connectivity index (χ1n) is 9.56.